The highest BCUT2D eigenvalue weighted by atomic mass is 32.2. The first-order chi connectivity index (χ1) is 13.1. The van der Waals surface area contributed by atoms with E-state index in [4.69, 9.17) is 4.43 Å². The molecule has 2 atom stereocenters. The van der Waals surface area contributed by atoms with Crippen molar-refractivity contribution in [3.63, 3.8) is 0 Å². The van der Waals surface area contributed by atoms with Crippen molar-refractivity contribution < 1.29 is 4.43 Å². The van der Waals surface area contributed by atoms with Crippen LogP contribution >= 0.6 is 11.8 Å². The van der Waals surface area contributed by atoms with E-state index in [0.29, 0.717) is 12.0 Å². The van der Waals surface area contributed by atoms with Crippen molar-refractivity contribution in [1.82, 2.24) is 9.88 Å². The third-order valence-corrected chi connectivity index (χ3v) is 12.4. The highest BCUT2D eigenvalue weighted by molar-refractivity contribution is 7.98. The topological polar surface area (TPSA) is 28.3 Å². The number of aromatic nitrogens is 1. The SMILES string of the molecule is CSc1[nH]c2cccc3c2c1C[C@@H]1[C@@H]3C=C(CO[Si](C)(C)C(C)(C)C)CN1C. The number of aromatic amines is 1. The molecule has 28 heavy (non-hydrogen) atoms. The maximum atomic E-state index is 6.56. The Balaban J connectivity index is 1.68. The van der Waals surface area contributed by atoms with Crippen LogP contribution < -0.4 is 0 Å². The van der Waals surface area contributed by atoms with E-state index in [1.165, 1.54) is 32.6 Å². The van der Waals surface area contributed by atoms with E-state index in [0.717, 1.165) is 19.6 Å². The van der Waals surface area contributed by atoms with Crippen LogP contribution in [0.25, 0.3) is 10.9 Å². The van der Waals surface area contributed by atoms with Crippen molar-refractivity contribution in [2.75, 3.05) is 26.5 Å². The van der Waals surface area contributed by atoms with Crippen molar-refractivity contribution in [2.45, 2.75) is 62.3 Å². The minimum atomic E-state index is -1.73. The molecule has 0 amide bonds. The van der Waals surface area contributed by atoms with Crippen LogP contribution in [0.3, 0.4) is 0 Å². The summed E-state index contributed by atoms with van der Waals surface area (Å²) in [4.78, 5) is 6.20. The van der Waals surface area contributed by atoms with Gasteiger partial charge < -0.3 is 9.41 Å². The van der Waals surface area contributed by atoms with Gasteiger partial charge in [-0.1, -0.05) is 39.0 Å². The van der Waals surface area contributed by atoms with E-state index < -0.39 is 8.32 Å². The summed E-state index contributed by atoms with van der Waals surface area (Å²) >= 11 is 1.84. The Kier molecular flexibility index (Phi) is 5.10. The van der Waals surface area contributed by atoms with E-state index in [1.807, 2.05) is 11.8 Å². The number of nitrogens with zero attached hydrogens (tertiary/aromatic N) is 1. The average molecular weight is 415 g/mol. The lowest BCUT2D eigenvalue weighted by atomic mass is 9.77. The Morgan fingerprint density at radius 3 is 2.71 bits per heavy atom. The number of hydrogen-bond acceptors (Lipinski definition) is 3. The largest absolute Gasteiger partial charge is 0.413 e. The van der Waals surface area contributed by atoms with Gasteiger partial charge in [0.2, 0.25) is 0 Å². The lowest BCUT2D eigenvalue weighted by Gasteiger charge is -2.42. The van der Waals surface area contributed by atoms with Crippen LogP contribution in [0.4, 0.5) is 0 Å². The van der Waals surface area contributed by atoms with Gasteiger partial charge in [-0.25, -0.2) is 0 Å². The summed E-state index contributed by atoms with van der Waals surface area (Å²) in [5.74, 6) is 0.457. The summed E-state index contributed by atoms with van der Waals surface area (Å²) in [6.45, 7) is 13.4. The Bertz CT molecular complexity index is 925. The van der Waals surface area contributed by atoms with E-state index in [2.05, 4.69) is 81.3 Å². The highest BCUT2D eigenvalue weighted by Crippen LogP contribution is 2.45. The van der Waals surface area contributed by atoms with Gasteiger partial charge in [0.05, 0.1) is 11.6 Å². The highest BCUT2D eigenvalue weighted by Gasteiger charge is 2.39. The van der Waals surface area contributed by atoms with Gasteiger partial charge in [-0.3, -0.25) is 4.90 Å². The van der Waals surface area contributed by atoms with Crippen molar-refractivity contribution in [3.05, 3.63) is 41.0 Å². The molecule has 1 aromatic heterocycles. The summed E-state index contributed by atoms with van der Waals surface area (Å²) in [7, 11) is 0.556. The second kappa shape index (κ2) is 7.05. The lowest BCUT2D eigenvalue weighted by molar-refractivity contribution is 0.208. The lowest BCUT2D eigenvalue weighted by Crippen LogP contribution is -2.46. The minimum Gasteiger partial charge on any atom is -0.413 e. The van der Waals surface area contributed by atoms with E-state index in [1.54, 1.807) is 0 Å². The number of likely N-dealkylation sites (N-methyl/N-ethyl adjacent to an activating group) is 1. The van der Waals surface area contributed by atoms with Crippen molar-refractivity contribution in [1.29, 1.82) is 0 Å². The Morgan fingerprint density at radius 1 is 1.29 bits per heavy atom. The smallest absolute Gasteiger partial charge is 0.192 e. The van der Waals surface area contributed by atoms with Crippen molar-refractivity contribution in [2.24, 2.45) is 0 Å². The third kappa shape index (κ3) is 3.30. The van der Waals surface area contributed by atoms with Gasteiger partial charge in [0.15, 0.2) is 8.32 Å². The number of H-pyrrole nitrogens is 1. The second-order valence-electron chi connectivity index (χ2n) is 9.99. The summed E-state index contributed by atoms with van der Waals surface area (Å²) < 4.78 is 6.56. The molecular weight excluding hydrogens is 380 g/mol. The molecule has 1 aliphatic carbocycles. The Labute approximate surface area is 175 Å². The molecule has 0 unspecified atom stereocenters. The van der Waals surface area contributed by atoms with E-state index in [9.17, 15) is 0 Å². The molecule has 2 heterocycles. The number of thioether (sulfide) groups is 1. The monoisotopic (exact) mass is 414 g/mol. The standard InChI is InChI=1S/C23H34N2OSSi/c1-23(2,3)28(6,7)26-14-15-11-17-16-9-8-10-19-21(16)18(22(24-19)27-5)12-20(17)25(4)13-15/h8-11,17,20,24H,12-14H2,1-7H3/t17-,20-/m1/s1. The van der Waals surface area contributed by atoms with Gasteiger partial charge in [-0.15, -0.1) is 11.8 Å². The molecule has 1 aliphatic heterocycles. The second-order valence-corrected chi connectivity index (χ2v) is 15.6. The number of nitrogens with one attached hydrogen (secondary N) is 1. The quantitative estimate of drug-likeness (QED) is 0.390. The zero-order valence-electron chi connectivity index (χ0n) is 18.3. The molecule has 3 nitrogen and oxygen atoms in total. The molecule has 2 aromatic rings. The molecule has 0 saturated heterocycles. The fourth-order valence-electron chi connectivity index (χ4n) is 4.47. The van der Waals surface area contributed by atoms with Crippen LogP contribution in [-0.2, 0) is 10.8 Å². The van der Waals surface area contributed by atoms with Gasteiger partial charge in [-0.2, -0.15) is 0 Å². The zero-order chi connectivity index (χ0) is 20.3. The normalized spacial score (nSPS) is 23.0. The van der Waals surface area contributed by atoms with Crippen LogP contribution in [0, 0.1) is 0 Å². The summed E-state index contributed by atoms with van der Waals surface area (Å²) in [5, 5.41) is 3.05. The van der Waals surface area contributed by atoms with Gasteiger partial charge in [-0.05, 0) is 60.6 Å². The number of hydrogen-bond donors (Lipinski definition) is 1. The average Bonchev–Trinajstić information content (AvgIpc) is 2.99. The zero-order valence-corrected chi connectivity index (χ0v) is 20.2. The third-order valence-electron chi connectivity index (χ3n) is 7.17. The van der Waals surface area contributed by atoms with Gasteiger partial charge in [0, 0.05) is 29.4 Å². The first-order valence-electron chi connectivity index (χ1n) is 10.3. The summed E-state index contributed by atoms with van der Waals surface area (Å²) in [6.07, 6.45) is 5.83. The van der Waals surface area contributed by atoms with Crippen LogP contribution in [-0.4, -0.2) is 50.7 Å². The number of rotatable bonds is 4. The van der Waals surface area contributed by atoms with E-state index >= 15 is 0 Å². The molecular formula is C23H34N2OSSi. The fourth-order valence-corrected chi connectivity index (χ4v) is 6.09. The molecule has 1 aromatic carbocycles. The molecule has 5 heteroatoms. The van der Waals surface area contributed by atoms with Crippen molar-refractivity contribution in [3.8, 4) is 0 Å². The molecule has 1 N–H and O–H groups in total. The Morgan fingerprint density at radius 2 is 2.04 bits per heavy atom. The van der Waals surface area contributed by atoms with Gasteiger partial charge in [0.1, 0.15) is 0 Å². The molecule has 0 saturated carbocycles. The molecule has 0 fully saturated rings. The van der Waals surface area contributed by atoms with Gasteiger partial charge in [0.25, 0.3) is 0 Å². The molecule has 0 spiro atoms. The maximum absolute atomic E-state index is 6.56. The van der Waals surface area contributed by atoms with Crippen LogP contribution in [0.2, 0.25) is 18.1 Å². The predicted octanol–water partition coefficient (Wildman–Crippen LogP) is 5.79. The summed E-state index contributed by atoms with van der Waals surface area (Å²) in [6, 6.07) is 7.30. The molecule has 152 valence electrons. The van der Waals surface area contributed by atoms with Crippen LogP contribution in [0.15, 0.2) is 34.9 Å². The van der Waals surface area contributed by atoms with Crippen molar-refractivity contribution >= 4 is 31.0 Å². The summed E-state index contributed by atoms with van der Waals surface area (Å²) in [5.41, 5.74) is 5.72. The number of benzene rings is 1. The minimum absolute atomic E-state index is 0.251. The molecule has 2 aliphatic rings. The fraction of sp³-hybridized carbons (Fsp3) is 0.565. The van der Waals surface area contributed by atoms with Crippen LogP contribution in [0.1, 0.15) is 37.8 Å². The predicted molar refractivity (Wildman–Crippen MR) is 124 cm³/mol. The van der Waals surface area contributed by atoms with Gasteiger partial charge >= 0.3 is 0 Å². The molecule has 0 radical (unpaired) electrons. The first-order valence-corrected chi connectivity index (χ1v) is 14.5. The Hall–Kier alpha value is -1.01. The number of fused-ring (bicyclic) bond motifs is 2. The molecule has 4 rings (SSSR count). The first kappa shape index (κ1) is 20.3. The van der Waals surface area contributed by atoms with E-state index in [-0.39, 0.29) is 5.04 Å². The maximum Gasteiger partial charge on any atom is 0.192 e. The molecule has 0 bridgehead atoms. The van der Waals surface area contributed by atoms with Crippen LogP contribution in [0.5, 0.6) is 0 Å².